The molecule has 1 saturated carbocycles. The smallest absolute Gasteiger partial charge is 0.215 e. The van der Waals surface area contributed by atoms with Gasteiger partial charge in [0.1, 0.15) is 5.65 Å². The summed E-state index contributed by atoms with van der Waals surface area (Å²) in [5, 5.41) is 6.74. The molecular formula is C21H25N3O2S. The monoisotopic (exact) mass is 383 g/mol. The van der Waals surface area contributed by atoms with Crippen molar-refractivity contribution in [2.24, 2.45) is 5.14 Å². The quantitative estimate of drug-likeness (QED) is 0.724. The van der Waals surface area contributed by atoms with Gasteiger partial charge < -0.3 is 4.57 Å². The first-order valence-corrected chi connectivity index (χ1v) is 10.9. The van der Waals surface area contributed by atoms with Crippen LogP contribution in [-0.2, 0) is 10.0 Å². The first-order chi connectivity index (χ1) is 12.8. The van der Waals surface area contributed by atoms with Gasteiger partial charge in [-0.15, -0.1) is 0 Å². The van der Waals surface area contributed by atoms with Gasteiger partial charge in [-0.25, -0.2) is 18.5 Å². The van der Waals surface area contributed by atoms with E-state index < -0.39 is 14.8 Å². The normalized spacial score (nSPS) is 17.0. The van der Waals surface area contributed by atoms with E-state index in [1.807, 2.05) is 42.5 Å². The van der Waals surface area contributed by atoms with Gasteiger partial charge in [0.05, 0.1) is 4.75 Å². The van der Waals surface area contributed by atoms with Crippen molar-refractivity contribution in [3.63, 3.8) is 0 Å². The Kier molecular flexibility index (Phi) is 4.35. The third-order valence-corrected chi connectivity index (χ3v) is 7.63. The summed E-state index contributed by atoms with van der Waals surface area (Å²) in [4.78, 5) is 4.61. The second kappa shape index (κ2) is 6.46. The molecule has 1 aliphatic rings. The summed E-state index contributed by atoms with van der Waals surface area (Å²) in [5.74, 6) is -0.386. The van der Waals surface area contributed by atoms with E-state index in [9.17, 15) is 8.42 Å². The van der Waals surface area contributed by atoms with E-state index in [0.717, 1.165) is 35.1 Å². The number of hydrogen-bond acceptors (Lipinski definition) is 3. The van der Waals surface area contributed by atoms with Gasteiger partial charge in [0.2, 0.25) is 10.0 Å². The lowest BCUT2D eigenvalue weighted by Crippen LogP contribution is -2.44. The van der Waals surface area contributed by atoms with Gasteiger partial charge in [-0.1, -0.05) is 30.3 Å². The predicted molar refractivity (Wildman–Crippen MR) is 108 cm³/mol. The highest BCUT2D eigenvalue weighted by Crippen LogP contribution is 2.44. The fourth-order valence-corrected chi connectivity index (χ4v) is 4.65. The Hall–Kier alpha value is -2.18. The first kappa shape index (κ1) is 18.2. The Labute approximate surface area is 160 Å². The van der Waals surface area contributed by atoms with Crippen molar-refractivity contribution in [3.8, 4) is 0 Å². The molecule has 0 amide bonds. The Bertz CT molecular complexity index is 1070. The zero-order chi connectivity index (χ0) is 19.2. The number of fused-ring (bicyclic) bond motifs is 1. The maximum Gasteiger partial charge on any atom is 0.215 e. The van der Waals surface area contributed by atoms with E-state index in [1.165, 1.54) is 6.42 Å². The van der Waals surface area contributed by atoms with Crippen LogP contribution < -0.4 is 5.14 Å². The molecule has 0 spiro atoms. The van der Waals surface area contributed by atoms with Crippen molar-refractivity contribution in [3.05, 3.63) is 66.0 Å². The summed E-state index contributed by atoms with van der Waals surface area (Å²) in [6, 6.07) is 16.2. The lowest BCUT2D eigenvalue weighted by Gasteiger charge is -2.37. The molecule has 1 aromatic carbocycles. The van der Waals surface area contributed by atoms with Crippen LogP contribution in [0.25, 0.3) is 11.0 Å². The molecule has 27 heavy (non-hydrogen) atoms. The summed E-state index contributed by atoms with van der Waals surface area (Å²) < 4.78 is 26.2. The van der Waals surface area contributed by atoms with Gasteiger partial charge in [-0.05, 0) is 56.9 Å². The fourth-order valence-electron chi connectivity index (χ4n) is 4.06. The molecule has 2 aromatic heterocycles. The number of rotatable bonds is 5. The molecule has 0 saturated heterocycles. The Balaban J connectivity index is 2.01. The maximum absolute atomic E-state index is 12.6. The van der Waals surface area contributed by atoms with Crippen LogP contribution in [-0.4, -0.2) is 22.7 Å². The topological polar surface area (TPSA) is 78.0 Å². The summed E-state index contributed by atoms with van der Waals surface area (Å²) in [6.07, 6.45) is 5.16. The summed E-state index contributed by atoms with van der Waals surface area (Å²) in [5.41, 5.74) is 2.84. The molecule has 4 rings (SSSR count). The van der Waals surface area contributed by atoms with Crippen LogP contribution >= 0.6 is 0 Å². The largest absolute Gasteiger partial charge is 0.326 e. The van der Waals surface area contributed by atoms with Crippen LogP contribution in [0.5, 0.6) is 0 Å². The number of primary sulfonamides is 1. The number of sulfonamides is 1. The van der Waals surface area contributed by atoms with Gasteiger partial charge >= 0.3 is 0 Å². The molecule has 0 bridgehead atoms. The summed E-state index contributed by atoms with van der Waals surface area (Å²) >= 11 is 0. The van der Waals surface area contributed by atoms with E-state index in [4.69, 9.17) is 5.14 Å². The van der Waals surface area contributed by atoms with Crippen LogP contribution in [0.3, 0.4) is 0 Å². The molecule has 3 aromatic rings. The van der Waals surface area contributed by atoms with Crippen molar-refractivity contribution in [2.75, 3.05) is 0 Å². The molecular weight excluding hydrogens is 358 g/mol. The minimum atomic E-state index is -3.80. The van der Waals surface area contributed by atoms with Crippen LogP contribution in [0.2, 0.25) is 0 Å². The fraction of sp³-hybridized carbons (Fsp3) is 0.381. The van der Waals surface area contributed by atoms with Crippen molar-refractivity contribution >= 4 is 21.1 Å². The second-order valence-electron chi connectivity index (χ2n) is 7.93. The zero-order valence-corrected chi connectivity index (χ0v) is 16.5. The van der Waals surface area contributed by atoms with Gasteiger partial charge in [0, 0.05) is 29.2 Å². The van der Waals surface area contributed by atoms with Crippen molar-refractivity contribution < 1.29 is 8.42 Å². The number of hydrogen-bond donors (Lipinski definition) is 1. The van der Waals surface area contributed by atoms with Gasteiger partial charge in [-0.3, -0.25) is 0 Å². The van der Waals surface area contributed by atoms with Crippen molar-refractivity contribution in [2.45, 2.75) is 49.8 Å². The molecule has 0 aliphatic heterocycles. The number of nitrogens with zero attached hydrogens (tertiary/aromatic N) is 2. The minimum absolute atomic E-state index is 0.356. The number of nitrogens with two attached hydrogens (primary N) is 1. The van der Waals surface area contributed by atoms with Crippen LogP contribution in [0.15, 0.2) is 54.7 Å². The molecule has 1 fully saturated rings. The molecule has 2 N–H and O–H groups in total. The highest BCUT2D eigenvalue weighted by Gasteiger charge is 2.44. The molecule has 1 unspecified atom stereocenters. The van der Waals surface area contributed by atoms with E-state index in [2.05, 4.69) is 15.6 Å². The molecule has 1 aliphatic carbocycles. The highest BCUT2D eigenvalue weighted by molar-refractivity contribution is 7.90. The molecule has 5 nitrogen and oxygen atoms in total. The second-order valence-corrected chi connectivity index (χ2v) is 10.1. The maximum atomic E-state index is 12.6. The lowest BCUT2D eigenvalue weighted by atomic mass is 9.83. The third kappa shape index (κ3) is 2.97. The minimum Gasteiger partial charge on any atom is -0.326 e. The first-order valence-electron chi connectivity index (χ1n) is 9.34. The predicted octanol–water partition coefficient (Wildman–Crippen LogP) is 3.96. The molecule has 1 atom stereocenters. The van der Waals surface area contributed by atoms with Crippen LogP contribution in [0.4, 0.5) is 0 Å². The lowest BCUT2D eigenvalue weighted by molar-refractivity contribution is 0.308. The summed E-state index contributed by atoms with van der Waals surface area (Å²) in [6.45, 7) is 3.44. The van der Waals surface area contributed by atoms with Crippen molar-refractivity contribution in [1.29, 1.82) is 0 Å². The van der Waals surface area contributed by atoms with E-state index in [-0.39, 0.29) is 5.92 Å². The Morgan fingerprint density at radius 3 is 2.44 bits per heavy atom. The van der Waals surface area contributed by atoms with Crippen molar-refractivity contribution in [1.82, 2.24) is 9.55 Å². The van der Waals surface area contributed by atoms with Gasteiger partial charge in [-0.2, -0.15) is 0 Å². The molecule has 6 heteroatoms. The number of aromatic nitrogens is 2. The standard InChI is InChI=1S/C21H25N3O2S/c1-21(2,27(22,25)26)19(15-8-4-3-5-9-15)18-14-16-10-7-13-23-20(16)24(18)17-11-6-12-17/h3-5,7-10,13-14,17,19H,6,11-12H2,1-2H3,(H2,22,25,26). The molecule has 2 heterocycles. The van der Waals surface area contributed by atoms with Crippen LogP contribution in [0, 0.1) is 0 Å². The average Bonchev–Trinajstić information content (AvgIpc) is 2.92. The van der Waals surface area contributed by atoms with Crippen LogP contribution in [0.1, 0.15) is 56.3 Å². The third-order valence-electron chi connectivity index (χ3n) is 5.92. The van der Waals surface area contributed by atoms with E-state index in [1.54, 1.807) is 20.0 Å². The van der Waals surface area contributed by atoms with Gasteiger partial charge in [0.15, 0.2) is 0 Å². The number of pyridine rings is 1. The Morgan fingerprint density at radius 1 is 1.15 bits per heavy atom. The van der Waals surface area contributed by atoms with E-state index in [0.29, 0.717) is 6.04 Å². The number of benzene rings is 1. The SMILES string of the molecule is CC(C)(C(c1ccccc1)c1cc2cccnc2n1C1CCC1)S(N)(=O)=O. The Morgan fingerprint density at radius 2 is 1.85 bits per heavy atom. The summed E-state index contributed by atoms with van der Waals surface area (Å²) in [7, 11) is -3.80. The zero-order valence-electron chi connectivity index (χ0n) is 15.7. The highest BCUT2D eigenvalue weighted by atomic mass is 32.2. The van der Waals surface area contributed by atoms with E-state index >= 15 is 0 Å². The molecule has 142 valence electrons. The molecule has 0 radical (unpaired) electrons. The average molecular weight is 384 g/mol. The van der Waals surface area contributed by atoms with Gasteiger partial charge in [0.25, 0.3) is 0 Å².